The number of hydrogen-bond acceptors (Lipinski definition) is 4. The fourth-order valence-electron chi connectivity index (χ4n) is 2.85. The molecule has 1 aliphatic heterocycles. The lowest BCUT2D eigenvalue weighted by molar-refractivity contribution is -0.175. The minimum atomic E-state index is -1.66. The first-order chi connectivity index (χ1) is 9.04. The number of rotatable bonds is 3. The lowest BCUT2D eigenvalue weighted by Gasteiger charge is -2.46. The van der Waals surface area contributed by atoms with Crippen LogP contribution in [0.1, 0.15) is 31.7 Å². The number of hydrogen-bond donors (Lipinski definition) is 2. The highest BCUT2D eigenvalue weighted by Gasteiger charge is 2.55. The van der Waals surface area contributed by atoms with Crippen LogP contribution in [0.3, 0.4) is 0 Å². The van der Waals surface area contributed by atoms with Gasteiger partial charge in [-0.05, 0) is 31.9 Å². The van der Waals surface area contributed by atoms with Crippen LogP contribution in [0.2, 0.25) is 0 Å². The van der Waals surface area contributed by atoms with Gasteiger partial charge in [-0.25, -0.2) is 4.79 Å². The number of benzene rings is 1. The van der Waals surface area contributed by atoms with Crippen LogP contribution in [0.4, 0.5) is 0 Å². The molecule has 1 aromatic rings. The predicted octanol–water partition coefficient (Wildman–Crippen LogP) is 1.58. The van der Waals surface area contributed by atoms with Crippen LogP contribution in [-0.4, -0.2) is 30.3 Å². The SMILES string of the molecule is COC(=O)[C@@](O)(c1ccccc1)[C@@]1(C)CCCCN1. The summed E-state index contributed by atoms with van der Waals surface area (Å²) in [5, 5.41) is 14.4. The van der Waals surface area contributed by atoms with Gasteiger partial charge in [0.15, 0.2) is 0 Å². The van der Waals surface area contributed by atoms with Gasteiger partial charge in [-0.2, -0.15) is 0 Å². The molecule has 0 aromatic heterocycles. The summed E-state index contributed by atoms with van der Waals surface area (Å²) in [5.74, 6) is -0.615. The number of nitrogens with one attached hydrogen (secondary N) is 1. The van der Waals surface area contributed by atoms with Gasteiger partial charge < -0.3 is 15.2 Å². The third-order valence-corrected chi connectivity index (χ3v) is 4.09. The smallest absolute Gasteiger partial charge is 0.344 e. The third kappa shape index (κ3) is 2.26. The Labute approximate surface area is 113 Å². The van der Waals surface area contributed by atoms with Gasteiger partial charge in [-0.1, -0.05) is 36.8 Å². The molecule has 0 amide bonds. The number of methoxy groups -OCH3 is 1. The molecule has 1 aromatic carbocycles. The summed E-state index contributed by atoms with van der Waals surface area (Å²) in [6, 6.07) is 9.01. The number of esters is 1. The summed E-state index contributed by atoms with van der Waals surface area (Å²) >= 11 is 0. The lowest BCUT2D eigenvalue weighted by Crippen LogP contribution is -2.64. The fourth-order valence-corrected chi connectivity index (χ4v) is 2.85. The standard InChI is InChI=1S/C15H21NO3/c1-14(10-6-7-11-16-14)15(18,13(17)19-2)12-8-4-3-5-9-12/h3-5,8-9,16,18H,6-7,10-11H2,1-2H3/t14-,15+/m1/s1. The monoisotopic (exact) mass is 263 g/mol. The van der Waals surface area contributed by atoms with Crippen molar-refractivity contribution in [2.45, 2.75) is 37.3 Å². The molecule has 1 fully saturated rings. The molecule has 1 aliphatic rings. The average Bonchev–Trinajstić information content (AvgIpc) is 2.47. The van der Waals surface area contributed by atoms with Gasteiger partial charge in [0.05, 0.1) is 12.6 Å². The van der Waals surface area contributed by atoms with Crippen molar-refractivity contribution in [2.75, 3.05) is 13.7 Å². The molecule has 0 radical (unpaired) electrons. The predicted molar refractivity (Wildman–Crippen MR) is 72.6 cm³/mol. The van der Waals surface area contributed by atoms with Crippen LogP contribution >= 0.6 is 0 Å². The number of carbonyl (C=O) groups is 1. The molecule has 2 rings (SSSR count). The van der Waals surface area contributed by atoms with Crippen molar-refractivity contribution in [1.82, 2.24) is 5.32 Å². The Balaban J connectivity index is 2.48. The molecule has 0 saturated carbocycles. The molecule has 19 heavy (non-hydrogen) atoms. The Morgan fingerprint density at radius 2 is 2.05 bits per heavy atom. The van der Waals surface area contributed by atoms with E-state index in [2.05, 4.69) is 5.32 Å². The first-order valence-electron chi connectivity index (χ1n) is 6.66. The van der Waals surface area contributed by atoms with E-state index in [0.29, 0.717) is 5.56 Å². The molecule has 1 saturated heterocycles. The molecule has 4 nitrogen and oxygen atoms in total. The topological polar surface area (TPSA) is 58.6 Å². The molecule has 104 valence electrons. The van der Waals surface area contributed by atoms with E-state index in [9.17, 15) is 9.90 Å². The van der Waals surface area contributed by atoms with Gasteiger partial charge in [0.2, 0.25) is 5.60 Å². The van der Waals surface area contributed by atoms with E-state index in [-0.39, 0.29) is 0 Å². The first-order valence-corrected chi connectivity index (χ1v) is 6.66. The Kier molecular flexibility index (Phi) is 3.92. The second-order valence-corrected chi connectivity index (χ2v) is 5.28. The first kappa shape index (κ1) is 14.0. The summed E-state index contributed by atoms with van der Waals surface area (Å²) < 4.78 is 4.86. The minimum absolute atomic E-state index is 0.568. The Hall–Kier alpha value is -1.39. The largest absolute Gasteiger partial charge is 0.467 e. The van der Waals surface area contributed by atoms with Gasteiger partial charge in [-0.15, -0.1) is 0 Å². The van der Waals surface area contributed by atoms with Gasteiger partial charge in [-0.3, -0.25) is 0 Å². The zero-order valence-corrected chi connectivity index (χ0v) is 11.5. The van der Waals surface area contributed by atoms with E-state index in [1.807, 2.05) is 25.1 Å². The lowest BCUT2D eigenvalue weighted by atomic mass is 9.71. The van der Waals surface area contributed by atoms with Crippen LogP contribution in [0.15, 0.2) is 30.3 Å². The zero-order valence-electron chi connectivity index (χ0n) is 11.5. The van der Waals surface area contributed by atoms with Crippen molar-refractivity contribution in [3.8, 4) is 0 Å². The van der Waals surface area contributed by atoms with Crippen LogP contribution in [0.5, 0.6) is 0 Å². The number of aliphatic hydroxyl groups is 1. The van der Waals surface area contributed by atoms with Gasteiger partial charge in [0.25, 0.3) is 0 Å². The van der Waals surface area contributed by atoms with Gasteiger partial charge in [0, 0.05) is 0 Å². The molecule has 0 unspecified atom stereocenters. The van der Waals surface area contributed by atoms with Crippen LogP contribution in [0, 0.1) is 0 Å². The van der Waals surface area contributed by atoms with Crippen LogP contribution < -0.4 is 5.32 Å². The van der Waals surface area contributed by atoms with Gasteiger partial charge in [0.1, 0.15) is 0 Å². The molecule has 0 aliphatic carbocycles. The molecule has 0 spiro atoms. The van der Waals surface area contributed by atoms with E-state index < -0.39 is 17.1 Å². The molecular formula is C15H21NO3. The normalized spacial score (nSPS) is 26.5. The number of carbonyl (C=O) groups excluding carboxylic acids is 1. The second kappa shape index (κ2) is 5.31. The zero-order chi connectivity index (χ0) is 13.9. The molecule has 2 atom stereocenters. The molecule has 0 bridgehead atoms. The highest BCUT2D eigenvalue weighted by molar-refractivity contribution is 5.83. The van der Waals surface area contributed by atoms with E-state index in [0.717, 1.165) is 25.8 Å². The van der Waals surface area contributed by atoms with Gasteiger partial charge >= 0.3 is 5.97 Å². The number of ether oxygens (including phenoxy) is 1. The maximum atomic E-state index is 12.2. The average molecular weight is 263 g/mol. The fraction of sp³-hybridized carbons (Fsp3) is 0.533. The third-order valence-electron chi connectivity index (χ3n) is 4.09. The van der Waals surface area contributed by atoms with Crippen LogP contribution in [-0.2, 0) is 15.1 Å². The maximum absolute atomic E-state index is 12.2. The minimum Gasteiger partial charge on any atom is -0.467 e. The quantitative estimate of drug-likeness (QED) is 0.813. The molecule has 2 N–H and O–H groups in total. The van der Waals surface area contributed by atoms with E-state index in [4.69, 9.17) is 4.74 Å². The Morgan fingerprint density at radius 1 is 1.37 bits per heavy atom. The summed E-state index contributed by atoms with van der Waals surface area (Å²) in [7, 11) is 1.31. The van der Waals surface area contributed by atoms with Crippen molar-refractivity contribution in [1.29, 1.82) is 0 Å². The van der Waals surface area contributed by atoms with Crippen molar-refractivity contribution in [3.63, 3.8) is 0 Å². The van der Waals surface area contributed by atoms with Crippen LogP contribution in [0.25, 0.3) is 0 Å². The molecular weight excluding hydrogens is 242 g/mol. The van der Waals surface area contributed by atoms with Crippen molar-refractivity contribution >= 4 is 5.97 Å². The second-order valence-electron chi connectivity index (χ2n) is 5.28. The van der Waals surface area contributed by atoms with E-state index in [1.54, 1.807) is 12.1 Å². The van der Waals surface area contributed by atoms with Crippen molar-refractivity contribution in [2.24, 2.45) is 0 Å². The Bertz CT molecular complexity index is 440. The summed E-state index contributed by atoms with van der Waals surface area (Å²) in [4.78, 5) is 12.2. The van der Waals surface area contributed by atoms with E-state index in [1.165, 1.54) is 7.11 Å². The molecule has 1 heterocycles. The molecule has 4 heteroatoms. The highest BCUT2D eigenvalue weighted by atomic mass is 16.5. The summed E-state index contributed by atoms with van der Waals surface area (Å²) in [6.45, 7) is 2.68. The van der Waals surface area contributed by atoms with E-state index >= 15 is 0 Å². The van der Waals surface area contributed by atoms with Crippen molar-refractivity contribution < 1.29 is 14.6 Å². The number of piperidine rings is 1. The Morgan fingerprint density at radius 3 is 2.58 bits per heavy atom. The summed E-state index contributed by atoms with van der Waals surface area (Å²) in [5.41, 5.74) is -1.80. The maximum Gasteiger partial charge on any atom is 0.344 e. The summed E-state index contributed by atoms with van der Waals surface area (Å²) in [6.07, 6.45) is 2.77. The highest BCUT2D eigenvalue weighted by Crippen LogP contribution is 2.39. The van der Waals surface area contributed by atoms with Crippen molar-refractivity contribution in [3.05, 3.63) is 35.9 Å².